The highest BCUT2D eigenvalue weighted by Gasteiger charge is 2.12. The Labute approximate surface area is 113 Å². The first kappa shape index (κ1) is 13.0. The number of nitrogens with zero attached hydrogens (tertiary/aromatic N) is 2. The molecule has 0 saturated heterocycles. The number of esters is 1. The molecule has 0 aliphatic heterocycles. The predicted molar refractivity (Wildman–Crippen MR) is 69.8 cm³/mol. The summed E-state index contributed by atoms with van der Waals surface area (Å²) in [5.74, 6) is 0.527. The number of hydrogen-bond acceptors (Lipinski definition) is 4. The lowest BCUT2D eigenvalue weighted by atomic mass is 10.2. The van der Waals surface area contributed by atoms with Gasteiger partial charge in [0.25, 0.3) is 0 Å². The highest BCUT2D eigenvalue weighted by atomic mass is 79.9. The molecule has 0 fully saturated rings. The Morgan fingerprint density at radius 1 is 1.50 bits per heavy atom. The van der Waals surface area contributed by atoms with Crippen LogP contribution in [-0.2, 0) is 15.9 Å². The van der Waals surface area contributed by atoms with E-state index in [0.717, 1.165) is 11.3 Å². The zero-order valence-electron chi connectivity index (χ0n) is 10.1. The molecule has 0 N–H and O–H groups in total. The van der Waals surface area contributed by atoms with Crippen molar-refractivity contribution in [2.24, 2.45) is 0 Å². The number of carbonyl (C=O) groups is 1. The smallest absolute Gasteiger partial charge is 0.337 e. The molecule has 0 saturated carbocycles. The topological polar surface area (TPSA) is 52.8 Å². The van der Waals surface area contributed by atoms with Crippen LogP contribution in [0.3, 0.4) is 0 Å². The van der Waals surface area contributed by atoms with Crippen molar-refractivity contribution < 1.29 is 14.3 Å². The van der Waals surface area contributed by atoms with Crippen LogP contribution >= 0.6 is 15.9 Å². The van der Waals surface area contributed by atoms with Crippen molar-refractivity contribution >= 4 is 27.4 Å². The summed E-state index contributed by atoms with van der Waals surface area (Å²) in [6.07, 6.45) is 2.52. The molecule has 0 aromatic carbocycles. The second-order valence-corrected chi connectivity index (χ2v) is 4.48. The monoisotopic (exact) mass is 312 g/mol. The SMILES string of the molecule is COCCc1nc(Br)c2cc(C(=O)OC)ccn12. The Morgan fingerprint density at radius 3 is 2.94 bits per heavy atom. The highest BCUT2D eigenvalue weighted by molar-refractivity contribution is 9.10. The number of hydrogen-bond donors (Lipinski definition) is 0. The molecule has 2 rings (SSSR count). The van der Waals surface area contributed by atoms with E-state index in [1.165, 1.54) is 7.11 Å². The van der Waals surface area contributed by atoms with E-state index in [9.17, 15) is 4.79 Å². The van der Waals surface area contributed by atoms with Crippen molar-refractivity contribution in [1.82, 2.24) is 9.38 Å². The average molecular weight is 313 g/mol. The van der Waals surface area contributed by atoms with Crippen LogP contribution in [-0.4, -0.2) is 36.2 Å². The molecule has 2 aromatic heterocycles. The molecule has 18 heavy (non-hydrogen) atoms. The van der Waals surface area contributed by atoms with Crippen LogP contribution in [0.1, 0.15) is 16.2 Å². The Bertz CT molecular complexity index is 580. The highest BCUT2D eigenvalue weighted by Crippen LogP contribution is 2.20. The fourth-order valence-electron chi connectivity index (χ4n) is 1.72. The number of carbonyl (C=O) groups excluding carboxylic acids is 1. The number of halogens is 1. The largest absolute Gasteiger partial charge is 0.465 e. The van der Waals surface area contributed by atoms with Crippen LogP contribution in [0, 0.1) is 0 Å². The van der Waals surface area contributed by atoms with E-state index in [-0.39, 0.29) is 5.97 Å². The number of aromatic nitrogens is 2. The molecule has 96 valence electrons. The van der Waals surface area contributed by atoms with Crippen molar-refractivity contribution in [3.05, 3.63) is 34.3 Å². The summed E-state index contributed by atoms with van der Waals surface area (Å²) in [4.78, 5) is 15.9. The van der Waals surface area contributed by atoms with E-state index >= 15 is 0 Å². The molecule has 0 amide bonds. The minimum absolute atomic E-state index is 0.357. The van der Waals surface area contributed by atoms with E-state index in [2.05, 4.69) is 20.9 Å². The maximum atomic E-state index is 11.5. The normalized spacial score (nSPS) is 10.8. The summed E-state index contributed by atoms with van der Waals surface area (Å²) >= 11 is 3.39. The van der Waals surface area contributed by atoms with Gasteiger partial charge in [-0.25, -0.2) is 9.78 Å². The molecule has 0 radical (unpaired) electrons. The van der Waals surface area contributed by atoms with Crippen LogP contribution in [0.5, 0.6) is 0 Å². The Hall–Kier alpha value is -1.40. The van der Waals surface area contributed by atoms with Crippen LogP contribution in [0.15, 0.2) is 22.9 Å². The van der Waals surface area contributed by atoms with E-state index in [1.807, 2.05) is 10.6 Å². The molecule has 6 heteroatoms. The summed E-state index contributed by atoms with van der Waals surface area (Å²) in [7, 11) is 3.02. The second-order valence-electron chi connectivity index (χ2n) is 3.72. The van der Waals surface area contributed by atoms with Crippen LogP contribution in [0.25, 0.3) is 5.52 Å². The Morgan fingerprint density at radius 2 is 2.28 bits per heavy atom. The number of imidazole rings is 1. The first-order valence-electron chi connectivity index (χ1n) is 5.41. The molecule has 0 aliphatic rings. The van der Waals surface area contributed by atoms with Gasteiger partial charge in [-0.1, -0.05) is 0 Å². The van der Waals surface area contributed by atoms with Gasteiger partial charge in [0, 0.05) is 19.7 Å². The molecule has 0 aliphatic carbocycles. The number of methoxy groups -OCH3 is 2. The van der Waals surface area contributed by atoms with Crippen molar-refractivity contribution in [3.63, 3.8) is 0 Å². The maximum absolute atomic E-state index is 11.5. The van der Waals surface area contributed by atoms with Gasteiger partial charge in [-0.05, 0) is 28.1 Å². The molecular weight excluding hydrogens is 300 g/mol. The molecule has 0 atom stereocenters. The molecule has 0 spiro atoms. The zero-order chi connectivity index (χ0) is 13.1. The summed E-state index contributed by atoms with van der Waals surface area (Å²) in [6, 6.07) is 3.46. The quantitative estimate of drug-likeness (QED) is 0.811. The molecule has 2 aromatic rings. The van der Waals surface area contributed by atoms with Gasteiger partial charge in [-0.15, -0.1) is 0 Å². The van der Waals surface area contributed by atoms with E-state index in [4.69, 9.17) is 9.47 Å². The lowest BCUT2D eigenvalue weighted by Gasteiger charge is -2.03. The molecule has 0 unspecified atom stereocenters. The first-order chi connectivity index (χ1) is 8.67. The van der Waals surface area contributed by atoms with Crippen LogP contribution in [0.4, 0.5) is 0 Å². The fraction of sp³-hybridized carbons (Fsp3) is 0.333. The third-order valence-corrected chi connectivity index (χ3v) is 3.21. The van der Waals surface area contributed by atoms with E-state index < -0.39 is 0 Å². The lowest BCUT2D eigenvalue weighted by Crippen LogP contribution is -2.03. The molecule has 2 heterocycles. The van der Waals surface area contributed by atoms with Crippen molar-refractivity contribution in [2.75, 3.05) is 20.8 Å². The maximum Gasteiger partial charge on any atom is 0.337 e. The van der Waals surface area contributed by atoms with Gasteiger partial charge in [0.2, 0.25) is 0 Å². The molecule has 5 nitrogen and oxygen atoms in total. The van der Waals surface area contributed by atoms with Gasteiger partial charge in [0.05, 0.1) is 24.8 Å². The third kappa shape index (κ3) is 2.39. The van der Waals surface area contributed by atoms with Gasteiger partial charge in [-0.2, -0.15) is 0 Å². The van der Waals surface area contributed by atoms with Crippen LogP contribution < -0.4 is 0 Å². The predicted octanol–water partition coefficient (Wildman–Crippen LogP) is 2.07. The van der Waals surface area contributed by atoms with E-state index in [0.29, 0.717) is 23.2 Å². The van der Waals surface area contributed by atoms with Crippen molar-refractivity contribution in [2.45, 2.75) is 6.42 Å². The minimum atomic E-state index is -0.357. The number of fused-ring (bicyclic) bond motifs is 1. The van der Waals surface area contributed by atoms with Gasteiger partial charge >= 0.3 is 5.97 Å². The fourth-order valence-corrected chi connectivity index (χ4v) is 2.23. The summed E-state index contributed by atoms with van der Waals surface area (Å²) in [5.41, 5.74) is 1.34. The Balaban J connectivity index is 2.45. The third-order valence-electron chi connectivity index (χ3n) is 2.62. The zero-order valence-corrected chi connectivity index (χ0v) is 11.7. The number of pyridine rings is 1. The Kier molecular flexibility index (Phi) is 3.98. The number of ether oxygens (including phenoxy) is 2. The summed E-state index contributed by atoms with van der Waals surface area (Å²) < 4.78 is 12.4. The van der Waals surface area contributed by atoms with Crippen molar-refractivity contribution in [3.8, 4) is 0 Å². The lowest BCUT2D eigenvalue weighted by molar-refractivity contribution is 0.0600. The van der Waals surface area contributed by atoms with Gasteiger partial charge in [-0.3, -0.25) is 0 Å². The number of rotatable bonds is 4. The average Bonchev–Trinajstić information content (AvgIpc) is 2.72. The second kappa shape index (κ2) is 5.49. The van der Waals surface area contributed by atoms with Gasteiger partial charge in [0.15, 0.2) is 0 Å². The van der Waals surface area contributed by atoms with Gasteiger partial charge in [0.1, 0.15) is 10.4 Å². The summed E-state index contributed by atoms with van der Waals surface area (Å²) in [6.45, 7) is 0.601. The minimum Gasteiger partial charge on any atom is -0.465 e. The van der Waals surface area contributed by atoms with Crippen LogP contribution in [0.2, 0.25) is 0 Å². The van der Waals surface area contributed by atoms with Crippen molar-refractivity contribution in [1.29, 1.82) is 0 Å². The van der Waals surface area contributed by atoms with Gasteiger partial charge < -0.3 is 13.9 Å². The summed E-state index contributed by atoms with van der Waals surface area (Å²) in [5, 5.41) is 0. The molecular formula is C12H13BrN2O3. The standard InChI is InChI=1S/C12H13BrN2O3/c1-17-6-4-10-14-11(13)9-7-8(12(16)18-2)3-5-15(9)10/h3,5,7H,4,6H2,1-2H3. The van der Waals surface area contributed by atoms with E-state index in [1.54, 1.807) is 19.2 Å². The molecule has 0 bridgehead atoms. The first-order valence-corrected chi connectivity index (χ1v) is 6.20.